The van der Waals surface area contributed by atoms with Gasteiger partial charge in [-0.3, -0.25) is 9.69 Å². The second kappa shape index (κ2) is 6.42. The van der Waals surface area contributed by atoms with Crippen LogP contribution in [0.4, 0.5) is 0 Å². The first-order chi connectivity index (χ1) is 8.72. The van der Waals surface area contributed by atoms with Crippen molar-refractivity contribution >= 4 is 29.0 Å². The predicted octanol–water partition coefficient (Wildman–Crippen LogP) is 0.101. The van der Waals surface area contributed by atoms with Crippen LogP contribution in [0.25, 0.3) is 0 Å². The number of nitrogens with one attached hydrogen (secondary N) is 2. The number of carbonyl (C=O) groups is 1. The lowest BCUT2D eigenvalue weighted by Gasteiger charge is -2.34. The molecule has 6 nitrogen and oxygen atoms in total. The number of hydrogen-bond acceptors (Lipinski definition) is 6. The number of rotatable bonds is 4. The van der Waals surface area contributed by atoms with E-state index in [1.165, 1.54) is 11.5 Å². The Morgan fingerprint density at radius 1 is 1.72 bits per heavy atom. The van der Waals surface area contributed by atoms with Crippen molar-refractivity contribution in [1.29, 1.82) is 0 Å². The van der Waals surface area contributed by atoms with Gasteiger partial charge in [0.2, 0.25) is 5.91 Å². The Kier molecular flexibility index (Phi) is 4.87. The number of hydrogen-bond donors (Lipinski definition) is 2. The van der Waals surface area contributed by atoms with Gasteiger partial charge in [0, 0.05) is 44.3 Å². The highest BCUT2D eigenvalue weighted by molar-refractivity contribution is 7.10. The maximum Gasteiger partial charge on any atom is 0.238 e. The maximum atomic E-state index is 12.0. The van der Waals surface area contributed by atoms with E-state index in [-0.39, 0.29) is 11.9 Å². The van der Waals surface area contributed by atoms with Gasteiger partial charge in [-0.15, -0.1) is 5.10 Å². The van der Waals surface area contributed by atoms with Gasteiger partial charge < -0.3 is 10.6 Å². The van der Waals surface area contributed by atoms with Crippen LogP contribution in [0.2, 0.25) is 4.34 Å². The Hall–Kier alpha value is -0.760. The molecule has 1 atom stereocenters. The van der Waals surface area contributed by atoms with Gasteiger partial charge in [-0.2, -0.15) is 0 Å². The molecule has 8 heteroatoms. The van der Waals surface area contributed by atoms with Crippen molar-refractivity contribution in [2.45, 2.75) is 19.5 Å². The molecular formula is C10H16ClN5OS. The molecule has 1 aliphatic rings. The van der Waals surface area contributed by atoms with Gasteiger partial charge in [0.15, 0.2) is 0 Å². The Morgan fingerprint density at radius 3 is 3.22 bits per heavy atom. The fourth-order valence-corrected chi connectivity index (χ4v) is 2.58. The fourth-order valence-electron chi connectivity index (χ4n) is 1.97. The van der Waals surface area contributed by atoms with Crippen LogP contribution in [0.5, 0.6) is 0 Å². The summed E-state index contributed by atoms with van der Waals surface area (Å²) >= 11 is 7.17. The van der Waals surface area contributed by atoms with Crippen molar-refractivity contribution in [2.24, 2.45) is 0 Å². The number of carbonyl (C=O) groups excluding carboxylic acids is 1. The summed E-state index contributed by atoms with van der Waals surface area (Å²) in [5.41, 5.74) is 0.748. The number of likely N-dealkylation sites (N-methyl/N-ethyl adjacent to an activating group) is 1. The van der Waals surface area contributed by atoms with Gasteiger partial charge in [0.05, 0.1) is 0 Å². The number of halogens is 1. The summed E-state index contributed by atoms with van der Waals surface area (Å²) in [4.78, 5) is 14.1. The van der Waals surface area contributed by atoms with E-state index >= 15 is 0 Å². The molecule has 0 radical (unpaired) electrons. The highest BCUT2D eigenvalue weighted by Crippen LogP contribution is 2.20. The lowest BCUT2D eigenvalue weighted by molar-refractivity contribution is -0.127. The highest BCUT2D eigenvalue weighted by Gasteiger charge is 2.29. The molecule has 2 N–H and O–H groups in total. The predicted molar refractivity (Wildman–Crippen MR) is 70.7 cm³/mol. The SMILES string of the molecule is CCNC(=O)C1CNCCN1Cc1nnsc1Cl. The van der Waals surface area contributed by atoms with Crippen LogP contribution in [-0.2, 0) is 11.3 Å². The molecule has 1 saturated heterocycles. The highest BCUT2D eigenvalue weighted by atomic mass is 35.5. The van der Waals surface area contributed by atoms with E-state index in [1.54, 1.807) is 0 Å². The maximum absolute atomic E-state index is 12.0. The van der Waals surface area contributed by atoms with Crippen molar-refractivity contribution in [1.82, 2.24) is 25.1 Å². The molecule has 2 rings (SSSR count). The molecule has 1 amide bonds. The Labute approximate surface area is 115 Å². The average Bonchev–Trinajstić information content (AvgIpc) is 2.76. The molecule has 0 spiro atoms. The molecule has 1 aromatic heterocycles. The van der Waals surface area contributed by atoms with Crippen molar-refractivity contribution in [3.05, 3.63) is 10.0 Å². The van der Waals surface area contributed by atoms with Gasteiger partial charge in [0.25, 0.3) is 0 Å². The summed E-state index contributed by atoms with van der Waals surface area (Å²) in [5, 5.41) is 10.1. The zero-order valence-corrected chi connectivity index (χ0v) is 11.7. The first-order valence-corrected chi connectivity index (χ1v) is 7.06. The topological polar surface area (TPSA) is 70.2 Å². The van der Waals surface area contributed by atoms with Gasteiger partial charge in [-0.1, -0.05) is 16.1 Å². The zero-order chi connectivity index (χ0) is 13.0. The number of nitrogens with zero attached hydrogens (tertiary/aromatic N) is 3. The van der Waals surface area contributed by atoms with Crippen LogP contribution >= 0.6 is 23.1 Å². The lowest BCUT2D eigenvalue weighted by Crippen LogP contribution is -2.57. The van der Waals surface area contributed by atoms with Crippen LogP contribution in [0.1, 0.15) is 12.6 Å². The van der Waals surface area contributed by atoms with Crippen LogP contribution in [0.15, 0.2) is 0 Å². The van der Waals surface area contributed by atoms with E-state index < -0.39 is 0 Å². The number of aromatic nitrogens is 2. The monoisotopic (exact) mass is 289 g/mol. The van der Waals surface area contributed by atoms with E-state index in [0.29, 0.717) is 24.0 Å². The molecule has 0 bridgehead atoms. The van der Waals surface area contributed by atoms with Crippen LogP contribution in [0.3, 0.4) is 0 Å². The normalized spacial score (nSPS) is 20.9. The smallest absolute Gasteiger partial charge is 0.238 e. The molecule has 2 heterocycles. The lowest BCUT2D eigenvalue weighted by atomic mass is 10.1. The van der Waals surface area contributed by atoms with Crippen LogP contribution < -0.4 is 10.6 Å². The molecule has 1 fully saturated rings. The Balaban J connectivity index is 2.04. The molecular weight excluding hydrogens is 274 g/mol. The zero-order valence-electron chi connectivity index (χ0n) is 10.1. The summed E-state index contributed by atoms with van der Waals surface area (Å²) in [5.74, 6) is 0.0454. The molecule has 0 saturated carbocycles. The van der Waals surface area contributed by atoms with Crippen molar-refractivity contribution < 1.29 is 4.79 Å². The van der Waals surface area contributed by atoms with Crippen LogP contribution in [-0.4, -0.2) is 52.6 Å². The molecule has 1 unspecified atom stereocenters. The molecule has 1 aromatic rings. The van der Waals surface area contributed by atoms with Crippen molar-refractivity contribution in [2.75, 3.05) is 26.2 Å². The fraction of sp³-hybridized carbons (Fsp3) is 0.700. The minimum absolute atomic E-state index is 0.0454. The minimum atomic E-state index is -0.170. The second-order valence-corrected chi connectivity index (χ2v) is 5.43. The van der Waals surface area contributed by atoms with E-state index in [9.17, 15) is 4.79 Å². The third-order valence-electron chi connectivity index (χ3n) is 2.87. The standard InChI is InChI=1S/C10H16ClN5OS/c1-2-13-10(17)8-5-12-3-4-16(8)6-7-9(11)18-15-14-7/h8,12H,2-6H2,1H3,(H,13,17). The Morgan fingerprint density at radius 2 is 2.56 bits per heavy atom. The molecule has 100 valence electrons. The van der Waals surface area contributed by atoms with Crippen molar-refractivity contribution in [3.63, 3.8) is 0 Å². The van der Waals surface area contributed by atoms with Gasteiger partial charge >= 0.3 is 0 Å². The third-order valence-corrected chi connectivity index (χ3v) is 3.85. The summed E-state index contributed by atoms with van der Waals surface area (Å²) < 4.78 is 4.41. The largest absolute Gasteiger partial charge is 0.355 e. The van der Waals surface area contributed by atoms with E-state index in [4.69, 9.17) is 11.6 Å². The molecule has 1 aliphatic heterocycles. The Bertz CT molecular complexity index is 413. The second-order valence-electron chi connectivity index (χ2n) is 4.08. The van der Waals surface area contributed by atoms with E-state index in [2.05, 4.69) is 25.1 Å². The quantitative estimate of drug-likeness (QED) is 0.823. The molecule has 0 aliphatic carbocycles. The number of piperazine rings is 1. The summed E-state index contributed by atoms with van der Waals surface area (Å²) in [6.07, 6.45) is 0. The minimum Gasteiger partial charge on any atom is -0.355 e. The number of amides is 1. The van der Waals surface area contributed by atoms with E-state index in [0.717, 1.165) is 18.8 Å². The van der Waals surface area contributed by atoms with Gasteiger partial charge in [0.1, 0.15) is 16.1 Å². The molecule has 18 heavy (non-hydrogen) atoms. The summed E-state index contributed by atoms with van der Waals surface area (Å²) in [7, 11) is 0. The van der Waals surface area contributed by atoms with Gasteiger partial charge in [-0.25, -0.2) is 0 Å². The van der Waals surface area contributed by atoms with Gasteiger partial charge in [-0.05, 0) is 6.92 Å². The van der Waals surface area contributed by atoms with E-state index in [1.807, 2.05) is 6.92 Å². The third kappa shape index (κ3) is 3.17. The van der Waals surface area contributed by atoms with Crippen LogP contribution in [0, 0.1) is 0 Å². The summed E-state index contributed by atoms with van der Waals surface area (Å²) in [6.45, 7) is 5.45. The summed E-state index contributed by atoms with van der Waals surface area (Å²) in [6, 6.07) is -0.170. The van der Waals surface area contributed by atoms with Crippen molar-refractivity contribution in [3.8, 4) is 0 Å². The molecule has 0 aromatic carbocycles. The average molecular weight is 290 g/mol. The first-order valence-electron chi connectivity index (χ1n) is 5.91. The first kappa shape index (κ1) is 13.7.